The molecule has 1 aliphatic heterocycles. The van der Waals surface area contributed by atoms with E-state index in [-0.39, 0.29) is 0 Å². The molecular weight excluding hydrogens is 260 g/mol. The molecule has 0 aliphatic carbocycles. The maximum Gasteiger partial charge on any atom is 0.0599 e. The van der Waals surface area contributed by atoms with E-state index in [9.17, 15) is 0 Å². The molecule has 2 aromatic rings. The van der Waals surface area contributed by atoms with Gasteiger partial charge in [0.2, 0.25) is 0 Å². The standard InChI is InChI=1S/C17H24N4/c1-19(2)15-9-8-14-6-4-5-7-17(14)21(12-15)13-16-10-11-18-20(16)3/h4-7,10-11,15H,8-9,12-13H2,1-3H3. The maximum atomic E-state index is 4.30. The highest BCUT2D eigenvalue weighted by molar-refractivity contribution is 5.55. The SMILES string of the molecule is CN(C)C1CCc2ccccc2N(Cc2ccnn2C)C1. The first-order valence-corrected chi connectivity index (χ1v) is 7.61. The van der Waals surface area contributed by atoms with Gasteiger partial charge < -0.3 is 9.80 Å². The Labute approximate surface area is 127 Å². The maximum absolute atomic E-state index is 4.30. The molecule has 1 atom stereocenters. The fourth-order valence-electron chi connectivity index (χ4n) is 3.12. The van der Waals surface area contributed by atoms with Gasteiger partial charge in [-0.05, 0) is 44.6 Å². The molecule has 0 saturated carbocycles. The van der Waals surface area contributed by atoms with Crippen molar-refractivity contribution in [2.24, 2.45) is 7.05 Å². The lowest BCUT2D eigenvalue weighted by molar-refractivity contribution is 0.283. The van der Waals surface area contributed by atoms with Crippen molar-refractivity contribution in [3.05, 3.63) is 47.8 Å². The minimum Gasteiger partial charge on any atom is -0.364 e. The van der Waals surface area contributed by atoms with E-state index in [1.54, 1.807) is 0 Å². The Balaban J connectivity index is 1.92. The van der Waals surface area contributed by atoms with Crippen LogP contribution in [0.2, 0.25) is 0 Å². The van der Waals surface area contributed by atoms with Gasteiger partial charge in [-0.3, -0.25) is 4.68 Å². The van der Waals surface area contributed by atoms with E-state index >= 15 is 0 Å². The van der Waals surface area contributed by atoms with Crippen molar-refractivity contribution in [2.75, 3.05) is 25.5 Å². The van der Waals surface area contributed by atoms with Gasteiger partial charge >= 0.3 is 0 Å². The molecule has 0 N–H and O–H groups in total. The number of para-hydroxylation sites is 1. The molecule has 0 radical (unpaired) electrons. The lowest BCUT2D eigenvalue weighted by Gasteiger charge is -2.30. The molecule has 21 heavy (non-hydrogen) atoms. The van der Waals surface area contributed by atoms with Crippen molar-refractivity contribution in [2.45, 2.75) is 25.4 Å². The third-order valence-electron chi connectivity index (χ3n) is 4.52. The quantitative estimate of drug-likeness (QED) is 0.864. The zero-order valence-electron chi connectivity index (χ0n) is 13.2. The zero-order valence-corrected chi connectivity index (χ0v) is 13.2. The second kappa shape index (κ2) is 5.90. The van der Waals surface area contributed by atoms with Crippen molar-refractivity contribution >= 4 is 5.69 Å². The van der Waals surface area contributed by atoms with E-state index in [2.05, 4.69) is 59.3 Å². The molecule has 0 saturated heterocycles. The summed E-state index contributed by atoms with van der Waals surface area (Å²) in [5, 5.41) is 4.30. The lowest BCUT2D eigenvalue weighted by atomic mass is 10.1. The molecule has 1 unspecified atom stereocenters. The predicted octanol–water partition coefficient (Wildman–Crippen LogP) is 2.30. The molecular formula is C17H24N4. The van der Waals surface area contributed by atoms with Crippen LogP contribution in [0.5, 0.6) is 0 Å². The average molecular weight is 284 g/mol. The molecule has 0 fully saturated rings. The van der Waals surface area contributed by atoms with Gasteiger partial charge in [-0.15, -0.1) is 0 Å². The van der Waals surface area contributed by atoms with Crippen LogP contribution in [0.4, 0.5) is 5.69 Å². The number of aromatic nitrogens is 2. The van der Waals surface area contributed by atoms with Crippen LogP contribution >= 0.6 is 0 Å². The van der Waals surface area contributed by atoms with Gasteiger partial charge in [-0.25, -0.2) is 0 Å². The zero-order chi connectivity index (χ0) is 14.8. The Morgan fingerprint density at radius 2 is 2.05 bits per heavy atom. The summed E-state index contributed by atoms with van der Waals surface area (Å²) in [5.41, 5.74) is 4.09. The third kappa shape index (κ3) is 2.95. The Kier molecular flexibility index (Phi) is 3.97. The third-order valence-corrected chi connectivity index (χ3v) is 4.52. The summed E-state index contributed by atoms with van der Waals surface area (Å²) >= 11 is 0. The molecule has 112 valence electrons. The number of nitrogens with zero attached hydrogens (tertiary/aromatic N) is 4. The summed E-state index contributed by atoms with van der Waals surface area (Å²) in [7, 11) is 6.38. The minimum atomic E-state index is 0.589. The fraction of sp³-hybridized carbons (Fsp3) is 0.471. The van der Waals surface area contributed by atoms with Gasteiger partial charge in [-0.1, -0.05) is 18.2 Å². The van der Waals surface area contributed by atoms with E-state index in [1.165, 1.54) is 23.4 Å². The second-order valence-electron chi connectivity index (χ2n) is 6.11. The number of likely N-dealkylation sites (N-methyl/N-ethyl adjacent to an activating group) is 1. The topological polar surface area (TPSA) is 24.3 Å². The Morgan fingerprint density at radius 1 is 1.24 bits per heavy atom. The molecule has 0 amide bonds. The largest absolute Gasteiger partial charge is 0.364 e. The van der Waals surface area contributed by atoms with Crippen LogP contribution in [-0.2, 0) is 20.0 Å². The first-order valence-electron chi connectivity index (χ1n) is 7.61. The highest BCUT2D eigenvalue weighted by atomic mass is 15.3. The molecule has 4 nitrogen and oxygen atoms in total. The van der Waals surface area contributed by atoms with Crippen molar-refractivity contribution in [1.29, 1.82) is 0 Å². The first kappa shape index (κ1) is 14.1. The van der Waals surface area contributed by atoms with Gasteiger partial charge in [0.25, 0.3) is 0 Å². The van der Waals surface area contributed by atoms with Crippen LogP contribution in [0.1, 0.15) is 17.7 Å². The number of hydrogen-bond acceptors (Lipinski definition) is 3. The summed E-state index contributed by atoms with van der Waals surface area (Å²) < 4.78 is 1.97. The van der Waals surface area contributed by atoms with E-state index in [0.717, 1.165) is 19.5 Å². The predicted molar refractivity (Wildman–Crippen MR) is 86.5 cm³/mol. The average Bonchev–Trinajstić information content (AvgIpc) is 2.77. The summed E-state index contributed by atoms with van der Waals surface area (Å²) in [6.07, 6.45) is 4.25. The summed E-state index contributed by atoms with van der Waals surface area (Å²) in [6, 6.07) is 11.5. The van der Waals surface area contributed by atoms with Gasteiger partial charge in [0, 0.05) is 31.5 Å². The minimum absolute atomic E-state index is 0.589. The summed E-state index contributed by atoms with van der Waals surface area (Å²) in [6.45, 7) is 1.98. The van der Waals surface area contributed by atoms with Crippen LogP contribution in [0.3, 0.4) is 0 Å². The molecule has 1 aromatic heterocycles. The van der Waals surface area contributed by atoms with Crippen LogP contribution < -0.4 is 4.90 Å². The Bertz CT molecular complexity index is 602. The highest BCUT2D eigenvalue weighted by Gasteiger charge is 2.23. The molecule has 0 bridgehead atoms. The first-order chi connectivity index (χ1) is 10.1. The highest BCUT2D eigenvalue weighted by Crippen LogP contribution is 2.28. The van der Waals surface area contributed by atoms with E-state index in [0.29, 0.717) is 6.04 Å². The fourth-order valence-corrected chi connectivity index (χ4v) is 3.12. The number of benzene rings is 1. The molecule has 3 rings (SSSR count). The Hall–Kier alpha value is -1.81. The van der Waals surface area contributed by atoms with Gasteiger partial charge in [0.15, 0.2) is 0 Å². The molecule has 1 aliphatic rings. The lowest BCUT2D eigenvalue weighted by Crippen LogP contribution is -2.39. The summed E-state index contributed by atoms with van der Waals surface area (Å²) in [5.74, 6) is 0. The molecule has 1 aromatic carbocycles. The summed E-state index contributed by atoms with van der Waals surface area (Å²) in [4.78, 5) is 4.85. The number of anilines is 1. The van der Waals surface area contributed by atoms with Crippen molar-refractivity contribution < 1.29 is 0 Å². The van der Waals surface area contributed by atoms with E-state index in [1.807, 2.05) is 17.9 Å². The van der Waals surface area contributed by atoms with E-state index in [4.69, 9.17) is 0 Å². The normalized spacial score (nSPS) is 18.7. The Morgan fingerprint density at radius 3 is 2.76 bits per heavy atom. The van der Waals surface area contributed by atoms with Crippen LogP contribution in [0.15, 0.2) is 36.5 Å². The molecule has 0 spiro atoms. The van der Waals surface area contributed by atoms with E-state index < -0.39 is 0 Å². The van der Waals surface area contributed by atoms with Crippen LogP contribution in [0, 0.1) is 0 Å². The van der Waals surface area contributed by atoms with Crippen molar-refractivity contribution in [1.82, 2.24) is 14.7 Å². The second-order valence-corrected chi connectivity index (χ2v) is 6.11. The number of aryl methyl sites for hydroxylation is 2. The monoisotopic (exact) mass is 284 g/mol. The number of rotatable bonds is 3. The van der Waals surface area contributed by atoms with Crippen molar-refractivity contribution in [3.63, 3.8) is 0 Å². The van der Waals surface area contributed by atoms with Crippen LogP contribution in [-0.4, -0.2) is 41.4 Å². The van der Waals surface area contributed by atoms with Gasteiger partial charge in [0.1, 0.15) is 0 Å². The molecule has 4 heteroatoms. The number of fused-ring (bicyclic) bond motifs is 1. The van der Waals surface area contributed by atoms with Gasteiger partial charge in [-0.2, -0.15) is 5.10 Å². The molecule has 2 heterocycles. The van der Waals surface area contributed by atoms with Gasteiger partial charge in [0.05, 0.1) is 12.2 Å². The smallest absolute Gasteiger partial charge is 0.0599 e. The van der Waals surface area contributed by atoms with Crippen molar-refractivity contribution in [3.8, 4) is 0 Å². The number of hydrogen-bond donors (Lipinski definition) is 0. The van der Waals surface area contributed by atoms with Crippen LogP contribution in [0.25, 0.3) is 0 Å².